The number of amides is 1. The first kappa shape index (κ1) is 14.0. The number of carbonyl (C=O) groups excluding carboxylic acids is 2. The summed E-state index contributed by atoms with van der Waals surface area (Å²) >= 11 is 0. The van der Waals surface area contributed by atoms with Gasteiger partial charge in [-0.15, -0.1) is 0 Å². The highest BCUT2D eigenvalue weighted by Gasteiger charge is 2.26. The smallest absolute Gasteiger partial charge is 0.320 e. The summed E-state index contributed by atoms with van der Waals surface area (Å²) in [6.07, 6.45) is 3.01. The van der Waals surface area contributed by atoms with Crippen molar-refractivity contribution in [2.45, 2.75) is 39.2 Å². The number of hydrogen-bond acceptors (Lipinski definition) is 4. The van der Waals surface area contributed by atoms with Gasteiger partial charge in [0.25, 0.3) is 0 Å². The molecule has 0 aromatic rings. The molecule has 0 aromatic heterocycles. The summed E-state index contributed by atoms with van der Waals surface area (Å²) in [5.41, 5.74) is 4.94. The summed E-state index contributed by atoms with van der Waals surface area (Å²) < 4.78 is 5.34. The lowest BCUT2D eigenvalue weighted by Gasteiger charge is -2.31. The summed E-state index contributed by atoms with van der Waals surface area (Å²) in [6.45, 7) is 4.48. The molecule has 17 heavy (non-hydrogen) atoms. The minimum atomic E-state index is -0.474. The van der Waals surface area contributed by atoms with Crippen molar-refractivity contribution in [3.05, 3.63) is 0 Å². The Hall–Kier alpha value is -1.10. The fourth-order valence-electron chi connectivity index (χ4n) is 2.12. The highest BCUT2D eigenvalue weighted by molar-refractivity contribution is 5.77. The minimum absolute atomic E-state index is 0.00715. The zero-order chi connectivity index (χ0) is 12.8. The standard InChI is InChI=1S/C12H22N2O3/c1-8-3-4-10(5-9(8)2)17-12(16)7-14-6-11(13)15/h8-10,14H,3-7H2,1-2H3,(H2,13,15). The molecule has 1 aliphatic carbocycles. The predicted octanol–water partition coefficient (Wildman–Crippen LogP) is 0.429. The van der Waals surface area contributed by atoms with Crippen molar-refractivity contribution in [2.75, 3.05) is 13.1 Å². The quantitative estimate of drug-likeness (QED) is 0.685. The van der Waals surface area contributed by atoms with Gasteiger partial charge in [-0.1, -0.05) is 13.8 Å². The summed E-state index contributed by atoms with van der Waals surface area (Å²) in [7, 11) is 0. The van der Waals surface area contributed by atoms with Crippen molar-refractivity contribution < 1.29 is 14.3 Å². The number of nitrogens with two attached hydrogens (primary N) is 1. The van der Waals surface area contributed by atoms with E-state index < -0.39 is 5.91 Å². The second-order valence-electron chi connectivity index (χ2n) is 4.95. The topological polar surface area (TPSA) is 81.4 Å². The average Bonchev–Trinajstić information content (AvgIpc) is 2.23. The third kappa shape index (κ3) is 5.17. The molecule has 0 spiro atoms. The number of nitrogens with one attached hydrogen (secondary N) is 1. The first-order valence-electron chi connectivity index (χ1n) is 6.17. The van der Waals surface area contributed by atoms with Crippen LogP contribution < -0.4 is 11.1 Å². The molecule has 1 amide bonds. The van der Waals surface area contributed by atoms with Crippen molar-refractivity contribution in [3.8, 4) is 0 Å². The van der Waals surface area contributed by atoms with Gasteiger partial charge in [0.1, 0.15) is 6.10 Å². The molecule has 0 radical (unpaired) electrons. The molecule has 5 heteroatoms. The van der Waals surface area contributed by atoms with Crippen LogP contribution in [-0.2, 0) is 14.3 Å². The molecule has 3 N–H and O–H groups in total. The number of carbonyl (C=O) groups is 2. The van der Waals surface area contributed by atoms with Crippen LogP contribution in [-0.4, -0.2) is 31.1 Å². The maximum Gasteiger partial charge on any atom is 0.320 e. The Morgan fingerprint density at radius 2 is 1.94 bits per heavy atom. The van der Waals surface area contributed by atoms with Gasteiger partial charge in [0.2, 0.25) is 5.91 Å². The van der Waals surface area contributed by atoms with Crippen LogP contribution in [0.1, 0.15) is 33.1 Å². The molecule has 0 aromatic carbocycles. The Labute approximate surface area is 102 Å². The van der Waals surface area contributed by atoms with E-state index in [1.807, 2.05) is 0 Å². The number of ether oxygens (including phenoxy) is 1. The minimum Gasteiger partial charge on any atom is -0.461 e. The molecule has 98 valence electrons. The van der Waals surface area contributed by atoms with Crippen molar-refractivity contribution >= 4 is 11.9 Å². The molecule has 0 bridgehead atoms. The first-order valence-corrected chi connectivity index (χ1v) is 6.17. The molecular weight excluding hydrogens is 220 g/mol. The Bertz CT molecular complexity index is 281. The van der Waals surface area contributed by atoms with E-state index in [9.17, 15) is 9.59 Å². The van der Waals surface area contributed by atoms with Gasteiger partial charge in [0.15, 0.2) is 0 Å². The molecular formula is C12H22N2O3. The van der Waals surface area contributed by atoms with Gasteiger partial charge < -0.3 is 10.5 Å². The van der Waals surface area contributed by atoms with Crippen molar-refractivity contribution in [2.24, 2.45) is 17.6 Å². The Kier molecular flexibility index (Phi) is 5.41. The maximum absolute atomic E-state index is 11.4. The molecule has 3 unspecified atom stereocenters. The summed E-state index contributed by atoms with van der Waals surface area (Å²) in [6, 6.07) is 0. The summed E-state index contributed by atoms with van der Waals surface area (Å²) in [5.74, 6) is 0.522. The average molecular weight is 242 g/mol. The van der Waals surface area contributed by atoms with Crippen LogP contribution >= 0.6 is 0 Å². The highest BCUT2D eigenvalue weighted by atomic mass is 16.5. The Morgan fingerprint density at radius 1 is 1.24 bits per heavy atom. The zero-order valence-electron chi connectivity index (χ0n) is 10.6. The Morgan fingerprint density at radius 3 is 2.53 bits per heavy atom. The van der Waals surface area contributed by atoms with E-state index >= 15 is 0 Å². The largest absolute Gasteiger partial charge is 0.461 e. The normalized spacial score (nSPS) is 28.7. The third-order valence-corrected chi connectivity index (χ3v) is 3.42. The molecule has 1 fully saturated rings. The number of primary amides is 1. The SMILES string of the molecule is CC1CCC(OC(=O)CNCC(N)=O)CC1C. The molecule has 3 atom stereocenters. The fourth-order valence-corrected chi connectivity index (χ4v) is 2.12. The number of rotatable bonds is 5. The van der Waals surface area contributed by atoms with Crippen LogP contribution in [0.25, 0.3) is 0 Å². The fraction of sp³-hybridized carbons (Fsp3) is 0.833. The second-order valence-corrected chi connectivity index (χ2v) is 4.95. The summed E-state index contributed by atoms with van der Waals surface area (Å²) in [5, 5.41) is 2.65. The lowest BCUT2D eigenvalue weighted by Crippen LogP contribution is -2.36. The van der Waals surface area contributed by atoms with E-state index in [0.29, 0.717) is 11.8 Å². The molecule has 1 aliphatic rings. The van der Waals surface area contributed by atoms with Gasteiger partial charge >= 0.3 is 5.97 Å². The molecule has 0 aliphatic heterocycles. The first-order chi connectivity index (χ1) is 7.99. The van der Waals surface area contributed by atoms with Gasteiger partial charge in [0, 0.05) is 0 Å². The van der Waals surface area contributed by atoms with Crippen molar-refractivity contribution in [1.29, 1.82) is 0 Å². The van der Waals surface area contributed by atoms with E-state index in [-0.39, 0.29) is 25.2 Å². The van der Waals surface area contributed by atoms with E-state index in [4.69, 9.17) is 10.5 Å². The number of esters is 1. The predicted molar refractivity (Wildman–Crippen MR) is 64.1 cm³/mol. The van der Waals surface area contributed by atoms with Crippen LogP contribution in [0.3, 0.4) is 0 Å². The van der Waals surface area contributed by atoms with Crippen LogP contribution in [0.5, 0.6) is 0 Å². The van der Waals surface area contributed by atoms with Crippen molar-refractivity contribution in [1.82, 2.24) is 5.32 Å². The lowest BCUT2D eigenvalue weighted by atomic mass is 9.80. The zero-order valence-corrected chi connectivity index (χ0v) is 10.6. The van der Waals surface area contributed by atoms with Crippen LogP contribution in [0.4, 0.5) is 0 Å². The van der Waals surface area contributed by atoms with E-state index in [1.54, 1.807) is 0 Å². The molecule has 5 nitrogen and oxygen atoms in total. The second kappa shape index (κ2) is 6.59. The molecule has 0 saturated heterocycles. The Balaban J connectivity index is 2.20. The maximum atomic E-state index is 11.4. The number of hydrogen-bond donors (Lipinski definition) is 2. The monoisotopic (exact) mass is 242 g/mol. The van der Waals surface area contributed by atoms with Gasteiger partial charge in [-0.3, -0.25) is 14.9 Å². The molecule has 1 rings (SSSR count). The van der Waals surface area contributed by atoms with Crippen molar-refractivity contribution in [3.63, 3.8) is 0 Å². The van der Waals surface area contributed by atoms with E-state index in [0.717, 1.165) is 19.3 Å². The van der Waals surface area contributed by atoms with Gasteiger partial charge in [-0.2, -0.15) is 0 Å². The lowest BCUT2D eigenvalue weighted by molar-refractivity contribution is -0.150. The van der Waals surface area contributed by atoms with E-state index in [1.165, 1.54) is 0 Å². The third-order valence-electron chi connectivity index (χ3n) is 3.42. The van der Waals surface area contributed by atoms with E-state index in [2.05, 4.69) is 19.2 Å². The van der Waals surface area contributed by atoms with Crippen LogP contribution in [0.15, 0.2) is 0 Å². The van der Waals surface area contributed by atoms with Crippen LogP contribution in [0, 0.1) is 11.8 Å². The van der Waals surface area contributed by atoms with Gasteiger partial charge in [0.05, 0.1) is 13.1 Å². The van der Waals surface area contributed by atoms with Crippen LogP contribution in [0.2, 0.25) is 0 Å². The van der Waals surface area contributed by atoms with Gasteiger partial charge in [-0.25, -0.2) is 0 Å². The van der Waals surface area contributed by atoms with Gasteiger partial charge in [-0.05, 0) is 31.1 Å². The molecule has 1 saturated carbocycles. The highest BCUT2D eigenvalue weighted by Crippen LogP contribution is 2.30. The summed E-state index contributed by atoms with van der Waals surface area (Å²) in [4.78, 5) is 21.9. The molecule has 0 heterocycles.